The highest BCUT2D eigenvalue weighted by Gasteiger charge is 2.40. The molecule has 1 saturated heterocycles. The highest BCUT2D eigenvalue weighted by atomic mass is 16.5. The lowest BCUT2D eigenvalue weighted by Crippen LogP contribution is -2.56. The number of aliphatic carboxylic acids is 1. The van der Waals surface area contributed by atoms with Crippen LogP contribution in [0.4, 0.5) is 4.79 Å². The molecule has 0 aromatic heterocycles. The van der Waals surface area contributed by atoms with Crippen molar-refractivity contribution >= 4 is 12.0 Å². The van der Waals surface area contributed by atoms with E-state index < -0.39 is 5.97 Å². The molecular weight excluding hydrogens is 260 g/mol. The van der Waals surface area contributed by atoms with Gasteiger partial charge in [-0.2, -0.15) is 0 Å². The molecule has 2 saturated carbocycles. The Balaban J connectivity index is 1.60. The number of hydrogen-bond acceptors (Lipinski definition) is 3. The zero-order chi connectivity index (χ0) is 14.1. The summed E-state index contributed by atoms with van der Waals surface area (Å²) in [6.07, 6.45) is 5.35. The topological polar surface area (TPSA) is 78.9 Å². The molecule has 3 fully saturated rings. The molecule has 3 unspecified atom stereocenters. The molecule has 6 heteroatoms. The summed E-state index contributed by atoms with van der Waals surface area (Å²) in [5.41, 5.74) is 0. The third-order valence-corrected chi connectivity index (χ3v) is 4.64. The number of carboxylic acids is 1. The molecule has 3 aliphatic rings. The first-order valence-corrected chi connectivity index (χ1v) is 7.55. The summed E-state index contributed by atoms with van der Waals surface area (Å²) < 4.78 is 5.70. The number of rotatable bonds is 4. The second-order valence-electron chi connectivity index (χ2n) is 6.09. The van der Waals surface area contributed by atoms with Crippen LogP contribution < -0.4 is 5.32 Å². The smallest absolute Gasteiger partial charge is 0.318 e. The summed E-state index contributed by atoms with van der Waals surface area (Å²) in [7, 11) is 0. The molecule has 1 aliphatic heterocycles. The maximum Gasteiger partial charge on any atom is 0.318 e. The van der Waals surface area contributed by atoms with E-state index in [1.54, 1.807) is 0 Å². The van der Waals surface area contributed by atoms with Crippen LogP contribution in [0.5, 0.6) is 0 Å². The van der Waals surface area contributed by atoms with E-state index in [0.717, 1.165) is 32.1 Å². The lowest BCUT2D eigenvalue weighted by atomic mass is 10.1. The first-order chi connectivity index (χ1) is 9.65. The predicted molar refractivity (Wildman–Crippen MR) is 71.4 cm³/mol. The fraction of sp³-hybridized carbons (Fsp3) is 0.857. The van der Waals surface area contributed by atoms with Crippen molar-refractivity contribution in [1.82, 2.24) is 10.2 Å². The van der Waals surface area contributed by atoms with E-state index in [1.807, 2.05) is 4.90 Å². The number of carbonyl (C=O) groups excluding carboxylic acids is 1. The zero-order valence-electron chi connectivity index (χ0n) is 11.6. The van der Waals surface area contributed by atoms with Crippen molar-refractivity contribution in [3.63, 3.8) is 0 Å². The van der Waals surface area contributed by atoms with E-state index in [4.69, 9.17) is 9.84 Å². The molecule has 0 aromatic rings. The largest absolute Gasteiger partial charge is 0.481 e. The van der Waals surface area contributed by atoms with E-state index in [2.05, 4.69) is 5.32 Å². The predicted octanol–water partition coefficient (Wildman–Crippen LogP) is 1.20. The number of carbonyl (C=O) groups is 2. The summed E-state index contributed by atoms with van der Waals surface area (Å²) in [6.45, 7) is 1.19. The Kier molecular flexibility index (Phi) is 3.83. The maximum absolute atomic E-state index is 12.4. The van der Waals surface area contributed by atoms with Gasteiger partial charge in [0.05, 0.1) is 25.2 Å². The molecule has 2 N–H and O–H groups in total. The Hall–Kier alpha value is -1.30. The minimum atomic E-state index is -0.845. The summed E-state index contributed by atoms with van der Waals surface area (Å²) >= 11 is 0. The number of fused-ring (bicyclic) bond motifs is 1. The number of amides is 2. The van der Waals surface area contributed by atoms with Gasteiger partial charge >= 0.3 is 12.0 Å². The fourth-order valence-electron chi connectivity index (χ4n) is 3.44. The highest BCUT2D eigenvalue weighted by Crippen LogP contribution is 2.35. The Morgan fingerprint density at radius 2 is 2.10 bits per heavy atom. The minimum Gasteiger partial charge on any atom is -0.481 e. The van der Waals surface area contributed by atoms with Crippen LogP contribution in [0.25, 0.3) is 0 Å². The van der Waals surface area contributed by atoms with Crippen molar-refractivity contribution in [3.8, 4) is 0 Å². The number of morpholine rings is 1. The van der Waals surface area contributed by atoms with Gasteiger partial charge in [-0.25, -0.2) is 4.79 Å². The Morgan fingerprint density at radius 1 is 1.30 bits per heavy atom. The number of ether oxygens (including phenoxy) is 1. The highest BCUT2D eigenvalue weighted by molar-refractivity contribution is 5.76. The Labute approximate surface area is 118 Å². The summed E-state index contributed by atoms with van der Waals surface area (Å²) in [6, 6.07) is -0.153. The van der Waals surface area contributed by atoms with Gasteiger partial charge in [0.2, 0.25) is 0 Å². The van der Waals surface area contributed by atoms with Crippen molar-refractivity contribution in [3.05, 3.63) is 0 Å². The minimum absolute atomic E-state index is 0.0227. The summed E-state index contributed by atoms with van der Waals surface area (Å²) in [5, 5.41) is 11.9. The fourth-order valence-corrected chi connectivity index (χ4v) is 3.44. The second kappa shape index (κ2) is 5.60. The SMILES string of the molecule is O=C(O)CC(NC(=O)N1CCOC2CCCC21)C1CC1. The lowest BCUT2D eigenvalue weighted by Gasteiger charge is -2.38. The van der Waals surface area contributed by atoms with E-state index >= 15 is 0 Å². The average molecular weight is 282 g/mol. The normalized spacial score (nSPS) is 30.7. The molecule has 0 bridgehead atoms. The molecule has 0 radical (unpaired) electrons. The molecule has 0 aromatic carbocycles. The number of carboxylic acid groups (broad SMARTS) is 1. The van der Waals surface area contributed by atoms with Crippen molar-refractivity contribution in [2.45, 2.75) is 56.7 Å². The monoisotopic (exact) mass is 282 g/mol. The van der Waals surface area contributed by atoms with Crippen LogP contribution in [-0.4, -0.2) is 53.3 Å². The van der Waals surface area contributed by atoms with Gasteiger partial charge in [-0.1, -0.05) is 0 Å². The van der Waals surface area contributed by atoms with Crippen molar-refractivity contribution in [2.24, 2.45) is 5.92 Å². The van der Waals surface area contributed by atoms with Crippen LogP contribution in [0.1, 0.15) is 38.5 Å². The van der Waals surface area contributed by atoms with Gasteiger partial charge in [-0.3, -0.25) is 4.79 Å². The third kappa shape index (κ3) is 2.90. The maximum atomic E-state index is 12.4. The van der Waals surface area contributed by atoms with Gasteiger partial charge in [0, 0.05) is 12.6 Å². The van der Waals surface area contributed by atoms with Gasteiger partial charge in [0.1, 0.15) is 0 Å². The molecule has 0 spiro atoms. The van der Waals surface area contributed by atoms with Crippen LogP contribution in [0.15, 0.2) is 0 Å². The van der Waals surface area contributed by atoms with Crippen LogP contribution >= 0.6 is 0 Å². The first-order valence-electron chi connectivity index (χ1n) is 7.55. The van der Waals surface area contributed by atoms with Gasteiger partial charge in [0.15, 0.2) is 0 Å². The number of nitrogens with zero attached hydrogens (tertiary/aromatic N) is 1. The molecule has 6 nitrogen and oxygen atoms in total. The van der Waals surface area contributed by atoms with E-state index in [0.29, 0.717) is 19.1 Å². The molecule has 20 heavy (non-hydrogen) atoms. The van der Waals surface area contributed by atoms with Crippen LogP contribution in [0.2, 0.25) is 0 Å². The number of nitrogens with one attached hydrogen (secondary N) is 1. The number of urea groups is 1. The third-order valence-electron chi connectivity index (χ3n) is 4.64. The van der Waals surface area contributed by atoms with Crippen LogP contribution in [-0.2, 0) is 9.53 Å². The van der Waals surface area contributed by atoms with Gasteiger partial charge in [0.25, 0.3) is 0 Å². The van der Waals surface area contributed by atoms with E-state index in [9.17, 15) is 9.59 Å². The Bertz CT molecular complexity index is 397. The Morgan fingerprint density at radius 3 is 2.80 bits per heavy atom. The number of hydrogen-bond donors (Lipinski definition) is 2. The standard InChI is InChI=1S/C14H22N2O4/c17-13(18)8-10(9-4-5-9)15-14(19)16-6-7-20-12-3-1-2-11(12)16/h9-12H,1-8H2,(H,15,19)(H,17,18). The molecule has 1 heterocycles. The molecule has 3 atom stereocenters. The second-order valence-corrected chi connectivity index (χ2v) is 6.09. The van der Waals surface area contributed by atoms with Gasteiger partial charge < -0.3 is 20.1 Å². The van der Waals surface area contributed by atoms with Crippen molar-refractivity contribution < 1.29 is 19.4 Å². The molecule has 2 amide bonds. The average Bonchev–Trinajstić information content (AvgIpc) is 3.14. The van der Waals surface area contributed by atoms with Crippen molar-refractivity contribution in [1.29, 1.82) is 0 Å². The van der Waals surface area contributed by atoms with E-state index in [-0.39, 0.29) is 30.6 Å². The van der Waals surface area contributed by atoms with Crippen LogP contribution in [0, 0.1) is 5.92 Å². The van der Waals surface area contributed by atoms with E-state index in [1.165, 1.54) is 0 Å². The summed E-state index contributed by atoms with van der Waals surface area (Å²) in [5.74, 6) is -0.501. The quantitative estimate of drug-likeness (QED) is 0.812. The zero-order valence-corrected chi connectivity index (χ0v) is 11.6. The van der Waals surface area contributed by atoms with Gasteiger partial charge in [-0.15, -0.1) is 0 Å². The molecule has 2 aliphatic carbocycles. The molecular formula is C14H22N2O4. The summed E-state index contributed by atoms with van der Waals surface area (Å²) in [4.78, 5) is 25.2. The van der Waals surface area contributed by atoms with Crippen molar-refractivity contribution in [2.75, 3.05) is 13.2 Å². The van der Waals surface area contributed by atoms with Crippen LogP contribution in [0.3, 0.4) is 0 Å². The van der Waals surface area contributed by atoms with Gasteiger partial charge in [-0.05, 0) is 38.0 Å². The molecule has 3 rings (SSSR count). The molecule has 112 valence electrons. The first kappa shape index (κ1) is 13.7. The lowest BCUT2D eigenvalue weighted by molar-refractivity contribution is -0.137.